The number of aryl methyl sites for hydroxylation is 1. The highest BCUT2D eigenvalue weighted by atomic mass is 32.2. The zero-order chi connectivity index (χ0) is 28.3. The molecule has 210 valence electrons. The number of hydrogen-bond donors (Lipinski definition) is 2. The zero-order valence-corrected chi connectivity index (χ0v) is 22.9. The van der Waals surface area contributed by atoms with Crippen molar-refractivity contribution < 1.29 is 21.6 Å². The molecule has 1 fully saturated rings. The molecule has 2 heterocycles. The van der Waals surface area contributed by atoms with Gasteiger partial charge in [-0.3, -0.25) is 4.68 Å². The molecular weight excluding hydrogens is 537 g/mol. The predicted molar refractivity (Wildman–Crippen MR) is 153 cm³/mol. The van der Waals surface area contributed by atoms with Crippen molar-refractivity contribution in [2.45, 2.75) is 37.0 Å². The molecule has 1 saturated heterocycles. The van der Waals surface area contributed by atoms with Crippen molar-refractivity contribution in [2.75, 3.05) is 19.6 Å². The van der Waals surface area contributed by atoms with E-state index in [9.17, 15) is 17.4 Å². The van der Waals surface area contributed by atoms with Gasteiger partial charge in [0, 0.05) is 24.7 Å². The van der Waals surface area contributed by atoms with Crippen molar-refractivity contribution in [3.05, 3.63) is 90.0 Å². The first-order chi connectivity index (χ1) is 19.1. The third-order valence-corrected chi connectivity index (χ3v) is 8.24. The van der Waals surface area contributed by atoms with Gasteiger partial charge in [0.15, 0.2) is 0 Å². The summed E-state index contributed by atoms with van der Waals surface area (Å²) in [4.78, 5) is -0.142. The highest BCUT2D eigenvalue weighted by Gasteiger charge is 2.31. The number of alkyl halides is 3. The smallest absolute Gasteiger partial charge is 0.404 e. The van der Waals surface area contributed by atoms with Crippen LogP contribution in [0.2, 0.25) is 0 Å². The summed E-state index contributed by atoms with van der Waals surface area (Å²) in [6, 6.07) is 21.8. The molecule has 1 unspecified atom stereocenters. The van der Waals surface area contributed by atoms with Gasteiger partial charge in [-0.1, -0.05) is 48.0 Å². The van der Waals surface area contributed by atoms with Crippen LogP contribution in [0.3, 0.4) is 0 Å². The molecule has 0 bridgehead atoms. The Bertz CT molecular complexity index is 1580. The highest BCUT2D eigenvalue weighted by molar-refractivity contribution is 7.96. The molecule has 5 rings (SSSR count). The summed E-state index contributed by atoms with van der Waals surface area (Å²) in [7, 11) is -3.57. The Hall–Kier alpha value is -3.60. The number of nitrogens with zero attached hydrogens (tertiary/aromatic N) is 2. The van der Waals surface area contributed by atoms with Gasteiger partial charge in [0.05, 0.1) is 28.4 Å². The van der Waals surface area contributed by atoms with Gasteiger partial charge in [0.2, 0.25) is 0 Å². The number of benzene rings is 3. The Morgan fingerprint density at radius 2 is 1.90 bits per heavy atom. The normalized spacial score (nSPS) is 17.1. The van der Waals surface area contributed by atoms with Gasteiger partial charge in [-0.2, -0.15) is 18.3 Å². The lowest BCUT2D eigenvalue weighted by Gasteiger charge is -2.16. The van der Waals surface area contributed by atoms with E-state index in [0.29, 0.717) is 23.8 Å². The third-order valence-electron chi connectivity index (χ3n) is 6.82. The van der Waals surface area contributed by atoms with Crippen LogP contribution < -0.4 is 14.8 Å². The topological polar surface area (TPSA) is 68.2 Å². The molecule has 2 atom stereocenters. The quantitative estimate of drug-likeness (QED) is 0.259. The van der Waals surface area contributed by atoms with Crippen molar-refractivity contribution in [1.29, 1.82) is 0 Å². The summed E-state index contributed by atoms with van der Waals surface area (Å²) in [5.74, 6) is 3.89. The average Bonchev–Trinajstić information content (AvgIpc) is 3.60. The summed E-state index contributed by atoms with van der Waals surface area (Å²) >= 11 is 0. The van der Waals surface area contributed by atoms with Gasteiger partial charge in [-0.15, -0.1) is 0 Å². The maximum Gasteiger partial charge on any atom is 0.416 e. The van der Waals surface area contributed by atoms with Crippen LogP contribution >= 0.6 is 0 Å². The van der Waals surface area contributed by atoms with Gasteiger partial charge >= 0.3 is 6.18 Å². The molecule has 0 radical (unpaired) electrons. The largest absolute Gasteiger partial charge is 0.416 e. The van der Waals surface area contributed by atoms with E-state index in [4.69, 9.17) is 9.28 Å². The molecule has 0 spiro atoms. The number of nitrogens with one attached hydrogen (secondary N) is 2. The fraction of sp³-hybridized carbons (Fsp3) is 0.267. The van der Waals surface area contributed by atoms with E-state index in [0.717, 1.165) is 55.0 Å². The molecule has 3 aromatic carbocycles. The van der Waals surface area contributed by atoms with Gasteiger partial charge in [0.1, 0.15) is 15.6 Å². The first-order valence-corrected chi connectivity index (χ1v) is 14.7. The molecular formula is C30H31F3N4O2S. The minimum Gasteiger partial charge on any atom is -0.404 e. The third kappa shape index (κ3) is 6.41. The van der Waals surface area contributed by atoms with E-state index in [1.165, 1.54) is 12.1 Å². The zero-order valence-electron chi connectivity index (χ0n) is 22.1. The monoisotopic (exact) mass is 568 g/mol. The van der Waals surface area contributed by atoms with Crippen molar-refractivity contribution in [1.82, 2.24) is 20.4 Å². The lowest BCUT2D eigenvalue weighted by molar-refractivity contribution is -0.137. The van der Waals surface area contributed by atoms with Gasteiger partial charge in [0.25, 0.3) is 0 Å². The number of rotatable bonds is 9. The number of aromatic nitrogens is 2. The van der Waals surface area contributed by atoms with E-state index in [1.54, 1.807) is 12.1 Å². The molecule has 40 heavy (non-hydrogen) atoms. The lowest BCUT2D eigenvalue weighted by Crippen LogP contribution is -2.33. The second-order valence-electron chi connectivity index (χ2n) is 9.87. The van der Waals surface area contributed by atoms with Crippen LogP contribution in [-0.2, 0) is 22.5 Å². The Morgan fingerprint density at radius 1 is 1.10 bits per heavy atom. The fourth-order valence-corrected chi connectivity index (χ4v) is 5.86. The SMILES string of the molecule is C=S(=O)(Oc1ccc(C)cc1-c1cc(-c2ccccc2)n(CCN[C@@H]2CCNC2)n1)c1cccc(C(F)(F)F)c1. The van der Waals surface area contributed by atoms with Crippen LogP contribution in [0.25, 0.3) is 22.5 Å². The lowest BCUT2D eigenvalue weighted by atomic mass is 10.1. The van der Waals surface area contributed by atoms with E-state index in [2.05, 4.69) is 16.5 Å². The minimum absolute atomic E-state index is 0.142. The van der Waals surface area contributed by atoms with E-state index < -0.39 is 21.5 Å². The van der Waals surface area contributed by atoms with Crippen LogP contribution in [-0.4, -0.2) is 45.5 Å². The predicted octanol–water partition coefficient (Wildman–Crippen LogP) is 5.57. The molecule has 0 aliphatic carbocycles. The Labute approximate surface area is 232 Å². The summed E-state index contributed by atoms with van der Waals surface area (Å²) in [6.07, 6.45) is -3.50. The standard InChI is InChI=1S/C30H31F3N4O2S/c1-21-11-12-29(39-40(2,38)25-10-6-9-23(18-25)30(31,32)33)26(17-21)27-19-28(22-7-4-3-5-8-22)37(36-27)16-15-35-24-13-14-34-20-24/h3-12,17-19,24,34-35H,2,13-16,20H2,1H3/t24-,40?/m1/s1. The maximum absolute atomic E-state index is 13.5. The van der Waals surface area contributed by atoms with Crippen LogP contribution in [0.5, 0.6) is 5.75 Å². The fourth-order valence-electron chi connectivity index (χ4n) is 4.74. The first kappa shape index (κ1) is 27.9. The van der Waals surface area contributed by atoms with Crippen molar-refractivity contribution in [3.63, 3.8) is 0 Å². The molecule has 4 aromatic rings. The Balaban J connectivity index is 1.49. The summed E-state index contributed by atoms with van der Waals surface area (Å²) < 4.78 is 61.2. The molecule has 1 aromatic heterocycles. The Kier molecular flexibility index (Phi) is 8.02. The molecule has 0 amide bonds. The van der Waals surface area contributed by atoms with Crippen LogP contribution in [0.1, 0.15) is 17.5 Å². The van der Waals surface area contributed by atoms with Gasteiger partial charge < -0.3 is 14.8 Å². The summed E-state index contributed by atoms with van der Waals surface area (Å²) in [5, 5.41) is 11.8. The number of hydrogen-bond acceptors (Lipinski definition) is 5. The summed E-state index contributed by atoms with van der Waals surface area (Å²) in [6.45, 7) is 5.21. The molecule has 6 nitrogen and oxygen atoms in total. The van der Waals surface area contributed by atoms with Gasteiger partial charge in [-0.25, -0.2) is 4.21 Å². The molecule has 1 aliphatic heterocycles. The average molecular weight is 569 g/mol. The van der Waals surface area contributed by atoms with Crippen LogP contribution in [0, 0.1) is 6.92 Å². The molecule has 0 saturated carbocycles. The van der Waals surface area contributed by atoms with Crippen LogP contribution in [0.4, 0.5) is 13.2 Å². The second kappa shape index (κ2) is 11.5. The molecule has 2 N–H and O–H groups in total. The first-order valence-electron chi connectivity index (χ1n) is 13.0. The second-order valence-corrected chi connectivity index (χ2v) is 11.7. The highest BCUT2D eigenvalue weighted by Crippen LogP contribution is 2.36. The maximum atomic E-state index is 13.5. The van der Waals surface area contributed by atoms with Gasteiger partial charge in [-0.05, 0) is 67.7 Å². The summed E-state index contributed by atoms with van der Waals surface area (Å²) in [5.41, 5.74) is 3.07. The van der Waals surface area contributed by atoms with Crippen LogP contribution in [0.15, 0.2) is 83.8 Å². The molecule has 10 heteroatoms. The minimum atomic E-state index is -4.58. The van der Waals surface area contributed by atoms with Crippen molar-refractivity contribution in [3.8, 4) is 28.3 Å². The van der Waals surface area contributed by atoms with E-state index in [1.807, 2.05) is 54.1 Å². The van der Waals surface area contributed by atoms with E-state index in [-0.39, 0.29) is 10.6 Å². The number of halogens is 3. The van der Waals surface area contributed by atoms with E-state index >= 15 is 0 Å². The van der Waals surface area contributed by atoms with Crippen molar-refractivity contribution in [2.24, 2.45) is 0 Å². The van der Waals surface area contributed by atoms with Crippen molar-refractivity contribution >= 4 is 15.7 Å². The molecule has 1 aliphatic rings. The Morgan fingerprint density at radius 3 is 2.62 bits per heavy atom.